The Kier molecular flexibility index (Phi) is 3.42. The highest BCUT2D eigenvalue weighted by atomic mass is 19.1. The van der Waals surface area contributed by atoms with Crippen molar-refractivity contribution in [1.29, 1.82) is 0 Å². The predicted octanol–water partition coefficient (Wildman–Crippen LogP) is 3.68. The van der Waals surface area contributed by atoms with E-state index >= 15 is 0 Å². The summed E-state index contributed by atoms with van der Waals surface area (Å²) in [4.78, 5) is 10.8. The number of hydrogen-bond acceptors (Lipinski definition) is 1. The molecule has 1 N–H and O–H groups in total. The molecule has 0 saturated carbocycles. The minimum Gasteiger partial charge on any atom is -0.481 e. The van der Waals surface area contributed by atoms with Gasteiger partial charge in [0.1, 0.15) is 5.82 Å². The van der Waals surface area contributed by atoms with Crippen molar-refractivity contribution in [3.05, 3.63) is 59.9 Å². The Morgan fingerprint density at radius 3 is 2.39 bits per heavy atom. The maximum atomic E-state index is 14.0. The number of carboxylic acid groups (broad SMARTS) is 1. The predicted molar refractivity (Wildman–Crippen MR) is 67.9 cm³/mol. The number of aliphatic carboxylic acids is 1. The molecule has 3 heteroatoms. The molecular weight excluding hydrogens is 230 g/mol. The zero-order chi connectivity index (χ0) is 13.1. The lowest BCUT2D eigenvalue weighted by molar-refractivity contribution is -0.138. The van der Waals surface area contributed by atoms with Crippen molar-refractivity contribution in [3.8, 4) is 11.1 Å². The molecule has 0 aliphatic rings. The average molecular weight is 243 g/mol. The van der Waals surface area contributed by atoms with Crippen LogP contribution in [-0.2, 0) is 4.79 Å². The van der Waals surface area contributed by atoms with E-state index in [9.17, 15) is 9.18 Å². The third kappa shape index (κ3) is 2.40. The summed E-state index contributed by atoms with van der Waals surface area (Å²) in [6.07, 6.45) is 0. The molecule has 2 nitrogen and oxygen atoms in total. The van der Waals surface area contributed by atoms with Gasteiger partial charge in [0.15, 0.2) is 0 Å². The van der Waals surface area contributed by atoms with Gasteiger partial charge in [-0.1, -0.05) is 42.5 Å². The van der Waals surface area contributed by atoms with Crippen LogP contribution in [0.15, 0.2) is 48.5 Å². The molecule has 2 rings (SSSR count). The van der Waals surface area contributed by atoms with E-state index in [1.165, 1.54) is 6.07 Å². The van der Waals surface area contributed by atoms with Gasteiger partial charge in [0.05, 0.1) is 5.92 Å². The lowest BCUT2D eigenvalue weighted by Gasteiger charge is -2.09. The standard InChI is InChI=1S/C15H13FO2/c1-10(15(17)18)12-7-8-13(14(16)9-12)11-5-3-2-4-6-11/h2-10H,1H3,(H,17,18)/t10-/m1/s1/i1-1. The van der Waals surface area contributed by atoms with Gasteiger partial charge in [-0.05, 0) is 24.1 Å². The molecule has 0 fully saturated rings. The van der Waals surface area contributed by atoms with Crippen LogP contribution in [0.1, 0.15) is 18.4 Å². The summed E-state index contributed by atoms with van der Waals surface area (Å²) in [5, 5.41) is 8.89. The summed E-state index contributed by atoms with van der Waals surface area (Å²) in [5.41, 5.74) is 1.74. The molecule has 0 aliphatic carbocycles. The molecular formula is C15H13FO2. The van der Waals surface area contributed by atoms with Crippen LogP contribution in [0.3, 0.4) is 0 Å². The highest BCUT2D eigenvalue weighted by Gasteiger charge is 2.15. The minimum absolute atomic E-state index is 0.396. The lowest BCUT2D eigenvalue weighted by Crippen LogP contribution is -2.07. The third-order valence-corrected chi connectivity index (χ3v) is 2.95. The van der Waals surface area contributed by atoms with Crippen molar-refractivity contribution in [3.63, 3.8) is 0 Å². The summed E-state index contributed by atoms with van der Waals surface area (Å²) in [5.74, 6) is -2.06. The number of rotatable bonds is 3. The van der Waals surface area contributed by atoms with Gasteiger partial charge < -0.3 is 5.11 Å². The molecule has 0 aliphatic heterocycles. The summed E-state index contributed by atoms with van der Waals surface area (Å²) in [6.45, 7) is 1.54. The maximum Gasteiger partial charge on any atom is 0.310 e. The quantitative estimate of drug-likeness (QED) is 0.892. The van der Waals surface area contributed by atoms with E-state index in [1.807, 2.05) is 30.3 Å². The molecule has 0 radical (unpaired) electrons. The Morgan fingerprint density at radius 1 is 1.17 bits per heavy atom. The number of hydrogen-bond donors (Lipinski definition) is 1. The topological polar surface area (TPSA) is 37.3 Å². The van der Waals surface area contributed by atoms with Gasteiger partial charge >= 0.3 is 5.97 Å². The first-order valence-electron chi connectivity index (χ1n) is 5.67. The minimum atomic E-state index is -0.957. The normalized spacial score (nSPS) is 12.1. The fourth-order valence-corrected chi connectivity index (χ4v) is 1.80. The SMILES string of the molecule is [11CH3][C@@H](C(=O)O)c1ccc(-c2ccccc2)c(F)c1. The Balaban J connectivity index is 2.40. The van der Waals surface area contributed by atoms with E-state index in [0.29, 0.717) is 11.1 Å². The van der Waals surface area contributed by atoms with Crippen molar-refractivity contribution in [1.82, 2.24) is 0 Å². The van der Waals surface area contributed by atoms with Gasteiger partial charge in [-0.3, -0.25) is 4.79 Å². The number of halogens is 1. The van der Waals surface area contributed by atoms with Gasteiger partial charge in [-0.2, -0.15) is 0 Å². The van der Waals surface area contributed by atoms with Crippen LogP contribution in [-0.4, -0.2) is 11.1 Å². The van der Waals surface area contributed by atoms with Crippen LogP contribution in [0, 0.1) is 5.82 Å². The number of carboxylic acids is 1. The summed E-state index contributed by atoms with van der Waals surface area (Å²) >= 11 is 0. The summed E-state index contributed by atoms with van der Waals surface area (Å²) < 4.78 is 14.0. The monoisotopic (exact) mass is 243 g/mol. The Labute approximate surface area is 105 Å². The Bertz CT molecular complexity index is 564. The molecule has 0 bridgehead atoms. The molecule has 1 atom stereocenters. The summed E-state index contributed by atoms with van der Waals surface area (Å²) in [7, 11) is 0. The molecule has 92 valence electrons. The third-order valence-electron chi connectivity index (χ3n) is 2.95. The van der Waals surface area contributed by atoms with Crippen LogP contribution < -0.4 is 0 Å². The first kappa shape index (κ1) is 12.3. The van der Waals surface area contributed by atoms with Crippen molar-refractivity contribution in [2.24, 2.45) is 0 Å². The van der Waals surface area contributed by atoms with Crippen LogP contribution in [0.25, 0.3) is 11.1 Å². The highest BCUT2D eigenvalue weighted by Crippen LogP contribution is 2.26. The zero-order valence-corrected chi connectivity index (χ0v) is 9.93. The highest BCUT2D eigenvalue weighted by molar-refractivity contribution is 5.76. The van der Waals surface area contributed by atoms with E-state index in [4.69, 9.17) is 5.11 Å². The average Bonchev–Trinajstić information content (AvgIpc) is 2.38. The number of benzene rings is 2. The van der Waals surface area contributed by atoms with E-state index in [2.05, 4.69) is 0 Å². The van der Waals surface area contributed by atoms with Gasteiger partial charge in [0, 0.05) is 5.56 Å². The Hall–Kier alpha value is -2.16. The van der Waals surface area contributed by atoms with Gasteiger partial charge in [0.25, 0.3) is 0 Å². The molecule has 0 heterocycles. The second-order valence-electron chi connectivity index (χ2n) is 4.17. The lowest BCUT2D eigenvalue weighted by atomic mass is 9.86. The van der Waals surface area contributed by atoms with Crippen molar-refractivity contribution in [2.45, 2.75) is 12.8 Å². The van der Waals surface area contributed by atoms with Crippen LogP contribution in [0.5, 0.6) is 0 Å². The van der Waals surface area contributed by atoms with Gasteiger partial charge in [-0.15, -0.1) is 0 Å². The summed E-state index contributed by atoms with van der Waals surface area (Å²) in [6, 6.07) is 13.7. The molecule has 0 aromatic heterocycles. The van der Waals surface area contributed by atoms with E-state index in [0.717, 1.165) is 5.56 Å². The van der Waals surface area contributed by atoms with E-state index in [1.54, 1.807) is 19.1 Å². The molecule has 18 heavy (non-hydrogen) atoms. The Morgan fingerprint density at radius 2 is 1.83 bits per heavy atom. The maximum absolute atomic E-state index is 14.0. The van der Waals surface area contributed by atoms with Gasteiger partial charge in [-0.25, -0.2) is 4.39 Å². The molecule has 0 spiro atoms. The van der Waals surface area contributed by atoms with Crippen molar-refractivity contribution in [2.75, 3.05) is 0 Å². The van der Waals surface area contributed by atoms with Gasteiger partial charge in [0.2, 0.25) is 0 Å². The zero-order valence-electron chi connectivity index (χ0n) is 9.93. The smallest absolute Gasteiger partial charge is 0.310 e. The second-order valence-corrected chi connectivity index (χ2v) is 4.17. The molecule has 0 unspecified atom stereocenters. The first-order valence-corrected chi connectivity index (χ1v) is 5.67. The van der Waals surface area contributed by atoms with E-state index < -0.39 is 17.7 Å². The largest absolute Gasteiger partial charge is 0.481 e. The fraction of sp³-hybridized carbons (Fsp3) is 0.133. The number of carbonyl (C=O) groups is 1. The molecule has 0 saturated heterocycles. The first-order chi connectivity index (χ1) is 8.59. The van der Waals surface area contributed by atoms with Crippen molar-refractivity contribution >= 4 is 5.97 Å². The van der Waals surface area contributed by atoms with Crippen LogP contribution >= 0.6 is 0 Å². The molecule has 2 aromatic carbocycles. The van der Waals surface area contributed by atoms with E-state index in [-0.39, 0.29) is 0 Å². The van der Waals surface area contributed by atoms with Crippen LogP contribution in [0.2, 0.25) is 0 Å². The fourth-order valence-electron chi connectivity index (χ4n) is 1.80. The molecule has 0 amide bonds. The molecule has 2 aromatic rings. The van der Waals surface area contributed by atoms with Crippen molar-refractivity contribution < 1.29 is 14.3 Å². The second kappa shape index (κ2) is 5.00. The van der Waals surface area contributed by atoms with Crippen LogP contribution in [0.4, 0.5) is 4.39 Å².